The normalized spacial score (nSPS) is 20.3. The number of hydrogen-bond acceptors (Lipinski definition) is 3. The molecule has 3 nitrogen and oxygen atoms in total. The Labute approximate surface area is 70.8 Å². The fourth-order valence-electron chi connectivity index (χ4n) is 1.48. The van der Waals surface area contributed by atoms with Gasteiger partial charge in [0.25, 0.3) is 0 Å². The average molecular weight is 165 g/mol. The summed E-state index contributed by atoms with van der Waals surface area (Å²) in [5, 5.41) is 9.45. The highest BCUT2D eigenvalue weighted by Gasteiger charge is 2.23. The number of phenols is 1. The van der Waals surface area contributed by atoms with E-state index >= 15 is 0 Å². The Bertz CT molecular complexity index is 323. The van der Waals surface area contributed by atoms with Crippen molar-refractivity contribution in [3.05, 3.63) is 23.3 Å². The lowest BCUT2D eigenvalue weighted by Crippen LogP contribution is -2.10. The number of hydrogen-bond donors (Lipinski definition) is 2. The van der Waals surface area contributed by atoms with Gasteiger partial charge in [0, 0.05) is 5.56 Å². The van der Waals surface area contributed by atoms with Crippen LogP contribution in [0.2, 0.25) is 0 Å². The SMILES string of the molecule is Cc1cc(O)c2c(c1)[C@H](N)CO2. The van der Waals surface area contributed by atoms with Crippen LogP contribution in [0.5, 0.6) is 11.5 Å². The maximum absolute atomic E-state index is 9.45. The standard InChI is InChI=1S/C9H11NO2/c1-5-2-6-7(10)4-12-9(6)8(11)3-5/h2-3,7,11H,4,10H2,1H3/t7-/m1/s1. The molecule has 1 aliphatic rings. The predicted octanol–water partition coefficient (Wildman–Crippen LogP) is 1.09. The van der Waals surface area contributed by atoms with E-state index in [9.17, 15) is 5.11 Å². The van der Waals surface area contributed by atoms with Gasteiger partial charge >= 0.3 is 0 Å². The molecule has 1 aromatic rings. The first-order valence-corrected chi connectivity index (χ1v) is 3.90. The number of benzene rings is 1. The van der Waals surface area contributed by atoms with Crippen molar-refractivity contribution in [3.8, 4) is 11.5 Å². The summed E-state index contributed by atoms with van der Waals surface area (Å²) < 4.78 is 5.22. The lowest BCUT2D eigenvalue weighted by molar-refractivity contribution is 0.317. The summed E-state index contributed by atoms with van der Waals surface area (Å²) in [6.07, 6.45) is 0. The minimum Gasteiger partial charge on any atom is -0.504 e. The Kier molecular flexibility index (Phi) is 1.48. The molecule has 1 aromatic carbocycles. The molecule has 64 valence electrons. The summed E-state index contributed by atoms with van der Waals surface area (Å²) in [6, 6.07) is 3.54. The van der Waals surface area contributed by atoms with Crippen LogP contribution in [0.3, 0.4) is 0 Å². The van der Waals surface area contributed by atoms with Gasteiger partial charge in [0.1, 0.15) is 6.61 Å². The molecule has 0 aliphatic carbocycles. The summed E-state index contributed by atoms with van der Waals surface area (Å²) >= 11 is 0. The molecule has 1 aliphatic heterocycles. The van der Waals surface area contributed by atoms with E-state index in [2.05, 4.69) is 0 Å². The highest BCUT2D eigenvalue weighted by molar-refractivity contribution is 5.51. The number of rotatable bonds is 0. The molecule has 0 radical (unpaired) electrons. The maximum Gasteiger partial charge on any atom is 0.165 e. The monoisotopic (exact) mass is 165 g/mol. The average Bonchev–Trinajstić information content (AvgIpc) is 2.33. The van der Waals surface area contributed by atoms with Crippen molar-refractivity contribution in [3.63, 3.8) is 0 Å². The third-order valence-electron chi connectivity index (χ3n) is 2.05. The van der Waals surface area contributed by atoms with Crippen LogP contribution >= 0.6 is 0 Å². The second kappa shape index (κ2) is 2.38. The van der Waals surface area contributed by atoms with E-state index in [-0.39, 0.29) is 11.8 Å². The molecule has 12 heavy (non-hydrogen) atoms. The fraction of sp³-hybridized carbons (Fsp3) is 0.333. The molecule has 3 N–H and O–H groups in total. The third-order valence-corrected chi connectivity index (χ3v) is 2.05. The van der Waals surface area contributed by atoms with E-state index in [0.29, 0.717) is 12.4 Å². The summed E-state index contributed by atoms with van der Waals surface area (Å²) in [6.45, 7) is 2.39. The molecule has 1 atom stereocenters. The van der Waals surface area contributed by atoms with Crippen LogP contribution in [0.1, 0.15) is 17.2 Å². The van der Waals surface area contributed by atoms with Gasteiger partial charge < -0.3 is 15.6 Å². The highest BCUT2D eigenvalue weighted by Crippen LogP contribution is 2.39. The molecule has 0 unspecified atom stereocenters. The molecule has 1 heterocycles. The fourth-order valence-corrected chi connectivity index (χ4v) is 1.48. The van der Waals surface area contributed by atoms with Crippen LogP contribution in [-0.2, 0) is 0 Å². The maximum atomic E-state index is 9.45. The molecule has 2 rings (SSSR count). The Morgan fingerprint density at radius 2 is 2.33 bits per heavy atom. The first kappa shape index (κ1) is 7.43. The smallest absolute Gasteiger partial charge is 0.165 e. The van der Waals surface area contributed by atoms with Gasteiger partial charge in [0.15, 0.2) is 11.5 Å². The lowest BCUT2D eigenvalue weighted by Gasteiger charge is -2.03. The van der Waals surface area contributed by atoms with Gasteiger partial charge in [0.2, 0.25) is 0 Å². The largest absolute Gasteiger partial charge is 0.504 e. The Morgan fingerprint density at radius 3 is 3.08 bits per heavy atom. The van der Waals surface area contributed by atoms with Crippen LogP contribution in [0.25, 0.3) is 0 Å². The van der Waals surface area contributed by atoms with Crippen molar-refractivity contribution in [2.75, 3.05) is 6.61 Å². The van der Waals surface area contributed by atoms with Crippen LogP contribution in [-0.4, -0.2) is 11.7 Å². The van der Waals surface area contributed by atoms with Gasteiger partial charge in [-0.25, -0.2) is 0 Å². The zero-order valence-electron chi connectivity index (χ0n) is 6.87. The number of phenolic OH excluding ortho intramolecular Hbond substituents is 1. The Hall–Kier alpha value is -1.22. The highest BCUT2D eigenvalue weighted by atomic mass is 16.5. The van der Waals surface area contributed by atoms with Gasteiger partial charge in [-0.05, 0) is 18.6 Å². The van der Waals surface area contributed by atoms with E-state index in [1.165, 1.54) is 0 Å². The molecular formula is C9H11NO2. The molecule has 0 spiro atoms. The third kappa shape index (κ3) is 0.940. The minimum absolute atomic E-state index is 0.0919. The van der Waals surface area contributed by atoms with Crippen LogP contribution < -0.4 is 10.5 Å². The van der Waals surface area contributed by atoms with E-state index < -0.39 is 0 Å². The number of fused-ring (bicyclic) bond motifs is 1. The second-order valence-electron chi connectivity index (χ2n) is 3.12. The zero-order chi connectivity index (χ0) is 8.72. The zero-order valence-corrected chi connectivity index (χ0v) is 6.87. The van der Waals surface area contributed by atoms with E-state index in [0.717, 1.165) is 11.1 Å². The molecule has 0 bridgehead atoms. The van der Waals surface area contributed by atoms with Crippen molar-refractivity contribution in [1.29, 1.82) is 0 Å². The molecule has 3 heteroatoms. The van der Waals surface area contributed by atoms with E-state index in [1.807, 2.05) is 13.0 Å². The van der Waals surface area contributed by atoms with Crippen molar-refractivity contribution >= 4 is 0 Å². The first-order valence-electron chi connectivity index (χ1n) is 3.90. The number of aromatic hydroxyl groups is 1. The molecular weight excluding hydrogens is 154 g/mol. The summed E-state index contributed by atoms with van der Waals surface area (Å²) in [5.41, 5.74) is 7.66. The number of nitrogens with two attached hydrogens (primary N) is 1. The molecule has 0 saturated carbocycles. The van der Waals surface area contributed by atoms with Gasteiger partial charge in [-0.15, -0.1) is 0 Å². The molecule has 0 fully saturated rings. The lowest BCUT2D eigenvalue weighted by atomic mass is 10.1. The van der Waals surface area contributed by atoms with Crippen LogP contribution in [0, 0.1) is 6.92 Å². The Balaban J connectivity index is 2.60. The molecule has 0 amide bonds. The van der Waals surface area contributed by atoms with E-state index in [4.69, 9.17) is 10.5 Å². The minimum atomic E-state index is -0.0919. The summed E-state index contributed by atoms with van der Waals surface area (Å²) in [4.78, 5) is 0. The van der Waals surface area contributed by atoms with Gasteiger partial charge in [0.05, 0.1) is 6.04 Å². The van der Waals surface area contributed by atoms with Gasteiger partial charge in [-0.1, -0.05) is 6.07 Å². The topological polar surface area (TPSA) is 55.5 Å². The van der Waals surface area contributed by atoms with Crippen molar-refractivity contribution in [2.24, 2.45) is 5.73 Å². The van der Waals surface area contributed by atoms with E-state index in [1.54, 1.807) is 6.07 Å². The predicted molar refractivity (Wildman–Crippen MR) is 45.3 cm³/mol. The summed E-state index contributed by atoms with van der Waals surface area (Å²) in [7, 11) is 0. The quantitative estimate of drug-likeness (QED) is 0.605. The Morgan fingerprint density at radius 1 is 1.58 bits per heavy atom. The second-order valence-corrected chi connectivity index (χ2v) is 3.12. The van der Waals surface area contributed by atoms with Crippen LogP contribution in [0.15, 0.2) is 12.1 Å². The van der Waals surface area contributed by atoms with Crippen molar-refractivity contribution in [2.45, 2.75) is 13.0 Å². The summed E-state index contributed by atoms with van der Waals surface area (Å²) in [5.74, 6) is 0.742. The van der Waals surface area contributed by atoms with Crippen molar-refractivity contribution < 1.29 is 9.84 Å². The first-order chi connectivity index (χ1) is 5.68. The van der Waals surface area contributed by atoms with Gasteiger partial charge in [-0.3, -0.25) is 0 Å². The number of aryl methyl sites for hydroxylation is 1. The molecule has 0 aromatic heterocycles. The number of ether oxygens (including phenoxy) is 1. The van der Waals surface area contributed by atoms with Crippen molar-refractivity contribution in [1.82, 2.24) is 0 Å². The van der Waals surface area contributed by atoms with Crippen LogP contribution in [0.4, 0.5) is 0 Å². The van der Waals surface area contributed by atoms with Gasteiger partial charge in [-0.2, -0.15) is 0 Å². The molecule has 0 saturated heterocycles.